The first-order valence-corrected chi connectivity index (χ1v) is 4.02. The highest BCUT2D eigenvalue weighted by Crippen LogP contribution is 2.33. The Labute approximate surface area is 84.3 Å². The molecule has 0 aliphatic heterocycles. The Morgan fingerprint density at radius 2 is 1.53 bits per heavy atom. The maximum atomic E-state index is 11.2. The maximum absolute atomic E-state index is 11.2. The summed E-state index contributed by atoms with van der Waals surface area (Å²) in [4.78, 5) is 19.5. The second kappa shape index (κ2) is 4.01. The van der Waals surface area contributed by atoms with Crippen molar-refractivity contribution in [3.05, 3.63) is 44.0 Å². The zero-order valence-electron chi connectivity index (χ0n) is 7.75. The van der Waals surface area contributed by atoms with E-state index >= 15 is 0 Å². The summed E-state index contributed by atoms with van der Waals surface area (Å²) in [7, 11) is 0. The lowest BCUT2D eigenvalue weighted by atomic mass is 10.1. The van der Waals surface area contributed by atoms with Crippen molar-refractivity contribution in [2.45, 2.75) is 13.0 Å². The summed E-state index contributed by atoms with van der Waals surface area (Å²) in [6.45, 7) is 1.13. The van der Waals surface area contributed by atoms with Crippen LogP contribution in [0.1, 0.15) is 18.6 Å². The van der Waals surface area contributed by atoms with Crippen LogP contribution in [0.25, 0.3) is 0 Å². The molecule has 1 aromatic carbocycles. The van der Waals surface area contributed by atoms with Crippen LogP contribution in [-0.4, -0.2) is 9.85 Å². The molecule has 7 nitrogen and oxygen atoms in total. The Hall–Kier alpha value is -2.02. The molecular weight excluding hydrogens is 204 g/mol. The van der Waals surface area contributed by atoms with Crippen LogP contribution >= 0.6 is 0 Å². The van der Waals surface area contributed by atoms with Crippen LogP contribution in [0.2, 0.25) is 0 Å². The second-order valence-corrected chi connectivity index (χ2v) is 2.87. The Morgan fingerprint density at radius 3 is 1.80 bits per heavy atom. The molecule has 0 spiro atoms. The van der Waals surface area contributed by atoms with E-state index in [0.717, 1.165) is 19.1 Å². The summed E-state index contributed by atoms with van der Waals surface area (Å²) in [5.74, 6) is 0. The van der Waals surface area contributed by atoms with Gasteiger partial charge in [0.1, 0.15) is 11.7 Å². The zero-order chi connectivity index (χ0) is 11.6. The van der Waals surface area contributed by atoms with Crippen molar-refractivity contribution in [2.24, 2.45) is 0 Å². The zero-order valence-corrected chi connectivity index (χ0v) is 7.75. The molecule has 0 saturated heterocycles. The minimum atomic E-state index is -1.51. The Morgan fingerprint density at radius 1 is 1.13 bits per heavy atom. The van der Waals surface area contributed by atoms with Gasteiger partial charge in [-0.1, -0.05) is 0 Å². The van der Waals surface area contributed by atoms with E-state index in [2.05, 4.69) is 0 Å². The summed E-state index contributed by atoms with van der Waals surface area (Å²) in [6.07, 6.45) is -1.51. The molecule has 0 aliphatic rings. The first kappa shape index (κ1) is 11.1. The smallest absolute Gasteiger partial charge is 0.258 e. The molecule has 0 aromatic heterocycles. The van der Waals surface area contributed by atoms with Crippen molar-refractivity contribution < 1.29 is 15.0 Å². The summed E-state index contributed by atoms with van der Waals surface area (Å²) in [6, 6.07) is 3.34. The van der Waals surface area contributed by atoms with Crippen LogP contribution in [-0.2, 0) is 5.11 Å². The van der Waals surface area contributed by atoms with Gasteiger partial charge in [0.05, 0.1) is 9.85 Å². The number of hydrogen-bond acceptors (Lipinski definition) is 4. The molecule has 1 atom stereocenters. The minimum absolute atomic E-state index is 0.382. The van der Waals surface area contributed by atoms with Crippen molar-refractivity contribution in [3.63, 3.8) is 0 Å². The van der Waals surface area contributed by atoms with E-state index in [1.54, 1.807) is 0 Å². The molecule has 0 bridgehead atoms. The third-order valence-corrected chi connectivity index (χ3v) is 1.86. The second-order valence-electron chi connectivity index (χ2n) is 2.87. The van der Waals surface area contributed by atoms with Gasteiger partial charge in [-0.3, -0.25) is 20.2 Å². The average molecular weight is 211 g/mol. The van der Waals surface area contributed by atoms with Gasteiger partial charge in [-0.05, 0) is 13.0 Å². The predicted molar refractivity (Wildman–Crippen MR) is 48.9 cm³/mol. The van der Waals surface area contributed by atoms with Gasteiger partial charge in [-0.25, -0.2) is 5.11 Å². The molecule has 0 saturated carbocycles. The van der Waals surface area contributed by atoms with Gasteiger partial charge in [0.15, 0.2) is 0 Å². The molecule has 7 heteroatoms. The number of nitro benzene ring substituents is 2. The van der Waals surface area contributed by atoms with Crippen LogP contribution in [0, 0.1) is 20.2 Å². The lowest BCUT2D eigenvalue weighted by Crippen LogP contribution is -2.03. The average Bonchev–Trinajstić information content (AvgIpc) is 2.16. The summed E-state index contributed by atoms with van der Waals surface area (Å²) in [5.41, 5.74) is -1.40. The Bertz CT molecular complexity index is 383. The van der Waals surface area contributed by atoms with Crippen LogP contribution < -0.4 is 0 Å². The lowest BCUT2D eigenvalue weighted by molar-refractivity contribution is -0.396. The van der Waals surface area contributed by atoms with Crippen LogP contribution in [0.15, 0.2) is 18.2 Å². The minimum Gasteiger partial charge on any atom is -0.258 e. The highest BCUT2D eigenvalue weighted by molar-refractivity contribution is 5.54. The third kappa shape index (κ3) is 2.08. The molecule has 79 valence electrons. The number of nitrogens with zero attached hydrogens (tertiary/aromatic N) is 2. The molecule has 0 amide bonds. The molecule has 0 N–H and O–H groups in total. The van der Waals surface area contributed by atoms with E-state index in [4.69, 9.17) is 0 Å². The number of benzene rings is 1. The van der Waals surface area contributed by atoms with E-state index in [1.165, 1.54) is 6.07 Å². The van der Waals surface area contributed by atoms with Gasteiger partial charge in [0, 0.05) is 12.1 Å². The highest BCUT2D eigenvalue weighted by Gasteiger charge is 2.28. The predicted octanol–water partition coefficient (Wildman–Crippen LogP) is 1.99. The molecule has 1 rings (SSSR count). The molecule has 1 radical (unpaired) electrons. The largest absolute Gasteiger partial charge is 0.282 e. The molecular formula is C8H7N2O5. The normalized spacial score (nSPS) is 12.1. The number of rotatable bonds is 3. The van der Waals surface area contributed by atoms with Crippen LogP contribution in [0.5, 0.6) is 0 Å². The van der Waals surface area contributed by atoms with E-state index in [9.17, 15) is 25.3 Å². The van der Waals surface area contributed by atoms with Gasteiger partial charge < -0.3 is 0 Å². The van der Waals surface area contributed by atoms with E-state index in [0.29, 0.717) is 0 Å². The standard InChI is InChI=1S/C8H7N2O5/c1-5(11)8-6(9(12)13)3-2-4-7(8)10(14)15/h2-5H,1H3. The topological polar surface area (TPSA) is 106 Å². The summed E-state index contributed by atoms with van der Waals surface area (Å²) < 4.78 is 0. The Kier molecular flexibility index (Phi) is 2.96. The fourth-order valence-corrected chi connectivity index (χ4v) is 1.28. The summed E-state index contributed by atoms with van der Waals surface area (Å²) in [5, 5.41) is 32.3. The first-order valence-electron chi connectivity index (χ1n) is 4.02. The monoisotopic (exact) mass is 211 g/mol. The van der Waals surface area contributed by atoms with Gasteiger partial charge in [0.2, 0.25) is 0 Å². The van der Waals surface area contributed by atoms with Crippen molar-refractivity contribution >= 4 is 11.4 Å². The summed E-state index contributed by atoms with van der Waals surface area (Å²) >= 11 is 0. The Balaban J connectivity index is 3.48. The molecule has 0 heterocycles. The number of hydrogen-bond donors (Lipinski definition) is 0. The van der Waals surface area contributed by atoms with Crippen LogP contribution in [0.3, 0.4) is 0 Å². The molecule has 0 aliphatic carbocycles. The fraction of sp³-hybridized carbons (Fsp3) is 0.250. The maximum Gasteiger partial charge on any atom is 0.282 e. The SMILES string of the molecule is CC([O])c1c([N+](=O)[O-])cccc1[N+](=O)[O-]. The quantitative estimate of drug-likeness (QED) is 0.562. The molecule has 1 unspecified atom stereocenters. The van der Waals surface area contributed by atoms with Crippen molar-refractivity contribution in [3.8, 4) is 0 Å². The van der Waals surface area contributed by atoms with Gasteiger partial charge in [0.25, 0.3) is 11.4 Å². The van der Waals surface area contributed by atoms with Gasteiger partial charge in [-0.15, -0.1) is 0 Å². The lowest BCUT2D eigenvalue weighted by Gasteiger charge is -2.04. The highest BCUT2D eigenvalue weighted by atomic mass is 16.6. The molecule has 1 aromatic rings. The van der Waals surface area contributed by atoms with Gasteiger partial charge in [-0.2, -0.15) is 0 Å². The van der Waals surface area contributed by atoms with Crippen molar-refractivity contribution in [1.29, 1.82) is 0 Å². The fourth-order valence-electron chi connectivity index (χ4n) is 1.28. The molecule has 15 heavy (non-hydrogen) atoms. The van der Waals surface area contributed by atoms with Crippen molar-refractivity contribution in [2.75, 3.05) is 0 Å². The molecule has 0 fully saturated rings. The third-order valence-electron chi connectivity index (χ3n) is 1.86. The van der Waals surface area contributed by atoms with E-state index in [1.807, 2.05) is 0 Å². The van der Waals surface area contributed by atoms with E-state index in [-0.39, 0.29) is 5.56 Å². The van der Waals surface area contributed by atoms with Crippen molar-refractivity contribution in [1.82, 2.24) is 0 Å². The number of nitro groups is 2. The first-order chi connectivity index (χ1) is 6.95. The van der Waals surface area contributed by atoms with E-state index < -0.39 is 27.3 Å². The van der Waals surface area contributed by atoms with Crippen LogP contribution in [0.4, 0.5) is 11.4 Å². The van der Waals surface area contributed by atoms with Gasteiger partial charge >= 0.3 is 0 Å².